The van der Waals surface area contributed by atoms with Crippen molar-refractivity contribution < 1.29 is 23.9 Å². The SMILES string of the molecule is CC(C)(C)CC(=O)N[C@@H](CNC(=O)OCC1c2ccccc2-c2ccccc21)C(=O)OC(C)(C)C. The molecule has 0 unspecified atom stereocenters. The van der Waals surface area contributed by atoms with Crippen molar-refractivity contribution >= 4 is 18.0 Å². The molecule has 0 bridgehead atoms. The fourth-order valence-electron chi connectivity index (χ4n) is 4.13. The molecule has 1 atom stereocenters. The molecular formula is C28H36N2O5. The molecule has 35 heavy (non-hydrogen) atoms. The summed E-state index contributed by atoms with van der Waals surface area (Å²) in [5.41, 5.74) is 3.54. The third-order valence-electron chi connectivity index (χ3n) is 5.51. The van der Waals surface area contributed by atoms with E-state index in [1.807, 2.05) is 57.2 Å². The van der Waals surface area contributed by atoms with E-state index in [1.165, 1.54) is 0 Å². The summed E-state index contributed by atoms with van der Waals surface area (Å²) in [6.45, 7) is 11.1. The van der Waals surface area contributed by atoms with Crippen molar-refractivity contribution in [3.05, 3.63) is 59.7 Å². The molecule has 0 aliphatic heterocycles. The van der Waals surface area contributed by atoms with E-state index >= 15 is 0 Å². The second kappa shape index (κ2) is 10.5. The Morgan fingerprint density at radius 2 is 1.43 bits per heavy atom. The zero-order valence-electron chi connectivity index (χ0n) is 21.4. The molecule has 2 aromatic rings. The largest absolute Gasteiger partial charge is 0.458 e. The number of ether oxygens (including phenoxy) is 2. The maximum atomic E-state index is 12.7. The number of nitrogens with one attached hydrogen (secondary N) is 2. The van der Waals surface area contributed by atoms with Crippen molar-refractivity contribution in [2.24, 2.45) is 5.41 Å². The number of esters is 1. The molecule has 1 aliphatic carbocycles. The van der Waals surface area contributed by atoms with Crippen molar-refractivity contribution in [3.63, 3.8) is 0 Å². The van der Waals surface area contributed by atoms with Crippen LogP contribution in [-0.2, 0) is 19.1 Å². The number of carbonyl (C=O) groups is 3. The Morgan fingerprint density at radius 3 is 1.94 bits per heavy atom. The highest BCUT2D eigenvalue weighted by Gasteiger charge is 2.31. The van der Waals surface area contributed by atoms with E-state index in [-0.39, 0.29) is 36.8 Å². The molecule has 0 spiro atoms. The molecule has 0 saturated carbocycles. The summed E-state index contributed by atoms with van der Waals surface area (Å²) >= 11 is 0. The maximum Gasteiger partial charge on any atom is 0.407 e. The van der Waals surface area contributed by atoms with Crippen LogP contribution in [0.25, 0.3) is 11.1 Å². The Morgan fingerprint density at radius 1 is 0.886 bits per heavy atom. The maximum absolute atomic E-state index is 12.7. The second-order valence-electron chi connectivity index (χ2n) is 11.1. The molecule has 7 nitrogen and oxygen atoms in total. The molecule has 0 fully saturated rings. The Hall–Kier alpha value is -3.35. The molecule has 0 aromatic heterocycles. The number of amides is 2. The lowest BCUT2D eigenvalue weighted by Crippen LogP contribution is -2.51. The normalized spacial score (nSPS) is 13.9. The van der Waals surface area contributed by atoms with Crippen LogP contribution in [0.3, 0.4) is 0 Å². The Labute approximate surface area is 207 Å². The summed E-state index contributed by atoms with van der Waals surface area (Å²) < 4.78 is 11.0. The lowest BCUT2D eigenvalue weighted by Gasteiger charge is -2.26. The van der Waals surface area contributed by atoms with Crippen LogP contribution in [0.5, 0.6) is 0 Å². The molecular weight excluding hydrogens is 444 g/mol. The van der Waals surface area contributed by atoms with Gasteiger partial charge in [0, 0.05) is 12.3 Å². The minimum Gasteiger partial charge on any atom is -0.458 e. The molecule has 1 aliphatic rings. The summed E-state index contributed by atoms with van der Waals surface area (Å²) in [4.78, 5) is 37.7. The number of benzene rings is 2. The summed E-state index contributed by atoms with van der Waals surface area (Å²) in [5.74, 6) is -0.970. The van der Waals surface area contributed by atoms with Crippen LogP contribution in [-0.4, -0.2) is 42.8 Å². The number of fused-ring (bicyclic) bond motifs is 3. The zero-order valence-corrected chi connectivity index (χ0v) is 21.4. The van der Waals surface area contributed by atoms with Gasteiger partial charge in [-0.15, -0.1) is 0 Å². The van der Waals surface area contributed by atoms with Crippen molar-refractivity contribution in [1.29, 1.82) is 0 Å². The summed E-state index contributed by atoms with van der Waals surface area (Å²) in [6, 6.07) is 15.2. The highest BCUT2D eigenvalue weighted by molar-refractivity contribution is 5.85. The van der Waals surface area contributed by atoms with Gasteiger partial charge in [-0.05, 0) is 48.4 Å². The smallest absolute Gasteiger partial charge is 0.407 e. The summed E-state index contributed by atoms with van der Waals surface area (Å²) in [7, 11) is 0. The lowest BCUT2D eigenvalue weighted by atomic mass is 9.92. The van der Waals surface area contributed by atoms with E-state index in [2.05, 4.69) is 22.8 Å². The topological polar surface area (TPSA) is 93.7 Å². The quantitative estimate of drug-likeness (QED) is 0.556. The average molecular weight is 481 g/mol. The van der Waals surface area contributed by atoms with Crippen molar-refractivity contribution in [2.75, 3.05) is 13.2 Å². The minimum atomic E-state index is -1.02. The van der Waals surface area contributed by atoms with E-state index in [0.29, 0.717) is 0 Å². The van der Waals surface area contributed by atoms with Gasteiger partial charge in [0.2, 0.25) is 5.91 Å². The molecule has 188 valence electrons. The molecule has 2 aromatic carbocycles. The second-order valence-corrected chi connectivity index (χ2v) is 11.1. The third-order valence-corrected chi connectivity index (χ3v) is 5.51. The molecule has 3 rings (SSSR count). The van der Waals surface area contributed by atoms with E-state index in [1.54, 1.807) is 20.8 Å². The highest BCUT2D eigenvalue weighted by atomic mass is 16.6. The van der Waals surface area contributed by atoms with E-state index in [9.17, 15) is 14.4 Å². The minimum absolute atomic E-state index is 0.0682. The van der Waals surface area contributed by atoms with Gasteiger partial charge in [0.15, 0.2) is 0 Å². The van der Waals surface area contributed by atoms with Crippen LogP contribution in [0, 0.1) is 5.41 Å². The first-order valence-corrected chi connectivity index (χ1v) is 11.9. The number of rotatable bonds is 7. The van der Waals surface area contributed by atoms with Crippen LogP contribution in [0.15, 0.2) is 48.5 Å². The van der Waals surface area contributed by atoms with Gasteiger partial charge in [0.1, 0.15) is 18.2 Å². The Bertz CT molecular complexity index is 1040. The number of alkyl carbamates (subject to hydrolysis) is 1. The predicted octanol–water partition coefficient (Wildman–Crippen LogP) is 4.79. The van der Waals surface area contributed by atoms with Crippen LogP contribution in [0.1, 0.15) is 65.0 Å². The third kappa shape index (κ3) is 7.31. The number of hydrogen-bond donors (Lipinski definition) is 2. The number of carbonyl (C=O) groups excluding carboxylic acids is 3. The molecule has 2 amide bonds. The first kappa shape index (κ1) is 26.3. The van der Waals surface area contributed by atoms with E-state index in [4.69, 9.17) is 9.47 Å². The fraction of sp³-hybridized carbons (Fsp3) is 0.464. The summed E-state index contributed by atoms with van der Waals surface area (Å²) in [5, 5.41) is 5.30. The monoisotopic (exact) mass is 480 g/mol. The number of hydrogen-bond acceptors (Lipinski definition) is 5. The molecule has 0 heterocycles. The van der Waals surface area contributed by atoms with Crippen LogP contribution >= 0.6 is 0 Å². The predicted molar refractivity (Wildman–Crippen MR) is 135 cm³/mol. The van der Waals surface area contributed by atoms with Gasteiger partial charge in [-0.3, -0.25) is 4.79 Å². The Balaban J connectivity index is 1.62. The summed E-state index contributed by atoms with van der Waals surface area (Å²) in [6.07, 6.45) is -0.428. The first-order valence-electron chi connectivity index (χ1n) is 11.9. The van der Waals surface area contributed by atoms with Gasteiger partial charge < -0.3 is 20.1 Å². The molecule has 2 N–H and O–H groups in total. The van der Waals surface area contributed by atoms with E-state index in [0.717, 1.165) is 22.3 Å². The van der Waals surface area contributed by atoms with Crippen molar-refractivity contribution in [3.8, 4) is 11.1 Å². The van der Waals surface area contributed by atoms with Gasteiger partial charge >= 0.3 is 12.1 Å². The van der Waals surface area contributed by atoms with Crippen LogP contribution in [0.2, 0.25) is 0 Å². The van der Waals surface area contributed by atoms with Gasteiger partial charge in [-0.2, -0.15) is 0 Å². The van der Waals surface area contributed by atoms with Crippen molar-refractivity contribution in [1.82, 2.24) is 10.6 Å². The standard InChI is InChI=1S/C28H36N2O5/c1-27(2,3)15-24(31)30-23(25(32)35-28(4,5)6)16-29-26(33)34-17-22-20-13-9-7-11-18(20)19-12-8-10-14-21(19)22/h7-14,22-23H,15-17H2,1-6H3,(H,29,33)(H,30,31)/t23-/m0/s1. The zero-order chi connectivity index (χ0) is 25.8. The fourth-order valence-corrected chi connectivity index (χ4v) is 4.13. The Kier molecular flexibility index (Phi) is 7.88. The van der Waals surface area contributed by atoms with E-state index < -0.39 is 23.7 Å². The molecule has 7 heteroatoms. The van der Waals surface area contributed by atoms with Gasteiger partial charge in [0.25, 0.3) is 0 Å². The molecule has 0 radical (unpaired) electrons. The van der Waals surface area contributed by atoms with Gasteiger partial charge in [-0.1, -0.05) is 69.3 Å². The lowest BCUT2D eigenvalue weighted by molar-refractivity contribution is -0.158. The average Bonchev–Trinajstić information content (AvgIpc) is 3.06. The van der Waals surface area contributed by atoms with Gasteiger partial charge in [0.05, 0.1) is 6.54 Å². The van der Waals surface area contributed by atoms with Crippen molar-refractivity contribution in [2.45, 2.75) is 65.5 Å². The molecule has 0 saturated heterocycles. The highest BCUT2D eigenvalue weighted by Crippen LogP contribution is 2.44. The first-order chi connectivity index (χ1) is 16.3. The van der Waals surface area contributed by atoms with Crippen LogP contribution < -0.4 is 10.6 Å². The van der Waals surface area contributed by atoms with Gasteiger partial charge in [-0.25, -0.2) is 9.59 Å². The van der Waals surface area contributed by atoms with Crippen LogP contribution in [0.4, 0.5) is 4.79 Å².